The molecule has 0 spiro atoms. The van der Waals surface area contributed by atoms with Gasteiger partial charge < -0.3 is 19.7 Å². The van der Waals surface area contributed by atoms with Crippen LogP contribution in [0, 0.1) is 0 Å². The van der Waals surface area contributed by atoms with Gasteiger partial charge in [-0.25, -0.2) is 9.42 Å². The maximum absolute atomic E-state index is 12.7. The number of amides is 2. The van der Waals surface area contributed by atoms with Crippen LogP contribution < -0.4 is 5.32 Å². The summed E-state index contributed by atoms with van der Waals surface area (Å²) in [6.07, 6.45) is 0.887. The van der Waals surface area contributed by atoms with Gasteiger partial charge in [-0.1, -0.05) is 6.07 Å². The molecule has 3 heterocycles. The van der Waals surface area contributed by atoms with E-state index < -0.39 is 0 Å². The van der Waals surface area contributed by atoms with Crippen molar-refractivity contribution in [1.29, 1.82) is 0 Å². The third-order valence-corrected chi connectivity index (χ3v) is 4.96. The molecule has 2 aliphatic rings. The molecule has 0 aliphatic carbocycles. The van der Waals surface area contributed by atoms with Crippen molar-refractivity contribution in [3.8, 4) is 0 Å². The number of hydrogen-bond donors (Lipinski definition) is 1. The number of nitrogens with one attached hydrogen (secondary N) is 1. The van der Waals surface area contributed by atoms with Gasteiger partial charge in [-0.3, -0.25) is 4.90 Å². The predicted octanol–water partition coefficient (Wildman–Crippen LogP) is 0.856. The molecule has 0 bridgehead atoms. The molecule has 27 heavy (non-hydrogen) atoms. The molecule has 0 saturated carbocycles. The summed E-state index contributed by atoms with van der Waals surface area (Å²) in [5.74, 6) is 0. The lowest BCUT2D eigenvalue weighted by Crippen LogP contribution is -2.47. The highest BCUT2D eigenvalue weighted by Crippen LogP contribution is 2.12. The maximum Gasteiger partial charge on any atom is 0.317 e. The number of aromatic nitrogens is 2. The molecule has 1 N–H and O–H groups in total. The minimum absolute atomic E-state index is 0.0360. The molecule has 1 aromatic heterocycles. The first-order chi connectivity index (χ1) is 13.3. The Balaban J connectivity index is 1.30. The third kappa shape index (κ3) is 4.74. The van der Waals surface area contributed by atoms with Gasteiger partial charge in [-0.2, -0.15) is 0 Å². The molecule has 2 aliphatic heterocycles. The SMILES string of the molecule is O=C(NCc1ccc2nonc2c1)N1CCCO[C@@H](CN2CCOCC2)C1. The number of carbonyl (C=O) groups is 1. The largest absolute Gasteiger partial charge is 0.379 e. The molecule has 9 heteroatoms. The number of carbonyl (C=O) groups excluding carboxylic acids is 1. The van der Waals surface area contributed by atoms with Crippen molar-refractivity contribution >= 4 is 17.1 Å². The zero-order valence-corrected chi connectivity index (χ0v) is 15.3. The van der Waals surface area contributed by atoms with Gasteiger partial charge in [0.15, 0.2) is 0 Å². The lowest BCUT2D eigenvalue weighted by molar-refractivity contribution is -0.0101. The van der Waals surface area contributed by atoms with Gasteiger partial charge in [0.05, 0.1) is 19.3 Å². The van der Waals surface area contributed by atoms with Crippen molar-refractivity contribution < 1.29 is 18.9 Å². The van der Waals surface area contributed by atoms with E-state index in [-0.39, 0.29) is 12.1 Å². The summed E-state index contributed by atoms with van der Waals surface area (Å²) >= 11 is 0. The van der Waals surface area contributed by atoms with Crippen molar-refractivity contribution in [1.82, 2.24) is 25.4 Å². The number of ether oxygens (including phenoxy) is 2. The Morgan fingerprint density at radius 3 is 2.89 bits per heavy atom. The smallest absolute Gasteiger partial charge is 0.317 e. The summed E-state index contributed by atoms with van der Waals surface area (Å²) in [7, 11) is 0. The summed E-state index contributed by atoms with van der Waals surface area (Å²) in [5, 5.41) is 10.6. The minimum atomic E-state index is -0.0640. The lowest BCUT2D eigenvalue weighted by atomic mass is 10.2. The van der Waals surface area contributed by atoms with Crippen molar-refractivity contribution in [2.24, 2.45) is 0 Å². The van der Waals surface area contributed by atoms with Crippen LogP contribution in [0.25, 0.3) is 11.0 Å². The van der Waals surface area contributed by atoms with Gasteiger partial charge in [0.1, 0.15) is 11.0 Å². The van der Waals surface area contributed by atoms with Crippen molar-refractivity contribution in [2.45, 2.75) is 19.1 Å². The second kappa shape index (κ2) is 8.64. The highest BCUT2D eigenvalue weighted by molar-refractivity contribution is 5.75. The Bertz CT molecular complexity index is 761. The molecule has 0 unspecified atom stereocenters. The number of benzene rings is 1. The number of morpholine rings is 1. The van der Waals surface area contributed by atoms with Crippen LogP contribution in [0.1, 0.15) is 12.0 Å². The first-order valence-electron chi connectivity index (χ1n) is 9.43. The van der Waals surface area contributed by atoms with Crippen LogP contribution in [0.2, 0.25) is 0 Å². The van der Waals surface area contributed by atoms with Gasteiger partial charge in [-0.15, -0.1) is 0 Å². The van der Waals surface area contributed by atoms with E-state index in [1.165, 1.54) is 0 Å². The first kappa shape index (κ1) is 18.1. The monoisotopic (exact) mass is 375 g/mol. The number of urea groups is 1. The molecular formula is C18H25N5O4. The van der Waals surface area contributed by atoms with E-state index in [1.807, 2.05) is 23.1 Å². The Morgan fingerprint density at radius 1 is 1.15 bits per heavy atom. The summed E-state index contributed by atoms with van der Waals surface area (Å²) < 4.78 is 16.1. The van der Waals surface area contributed by atoms with Gasteiger partial charge in [0, 0.05) is 45.9 Å². The highest BCUT2D eigenvalue weighted by Gasteiger charge is 2.25. The normalized spacial score (nSPS) is 21.9. The van der Waals surface area contributed by atoms with E-state index in [9.17, 15) is 4.79 Å². The van der Waals surface area contributed by atoms with Crippen molar-refractivity contribution in [3.05, 3.63) is 23.8 Å². The van der Waals surface area contributed by atoms with E-state index >= 15 is 0 Å². The number of fused-ring (bicyclic) bond motifs is 1. The zero-order valence-electron chi connectivity index (χ0n) is 15.3. The first-order valence-corrected chi connectivity index (χ1v) is 9.43. The lowest BCUT2D eigenvalue weighted by Gasteiger charge is -2.31. The van der Waals surface area contributed by atoms with Gasteiger partial charge >= 0.3 is 6.03 Å². The molecule has 1 atom stereocenters. The number of nitrogens with zero attached hydrogens (tertiary/aromatic N) is 4. The Morgan fingerprint density at radius 2 is 2.00 bits per heavy atom. The molecule has 2 fully saturated rings. The molecule has 146 valence electrons. The fraction of sp³-hybridized carbons (Fsp3) is 0.611. The fourth-order valence-electron chi connectivity index (χ4n) is 3.49. The Kier molecular flexibility index (Phi) is 5.81. The molecule has 2 aromatic rings. The predicted molar refractivity (Wildman–Crippen MR) is 97.2 cm³/mol. The quantitative estimate of drug-likeness (QED) is 0.847. The molecule has 1 aromatic carbocycles. The highest BCUT2D eigenvalue weighted by atomic mass is 16.6. The third-order valence-electron chi connectivity index (χ3n) is 4.96. The summed E-state index contributed by atoms with van der Waals surface area (Å²) in [4.78, 5) is 16.9. The van der Waals surface area contributed by atoms with Gasteiger partial charge in [-0.05, 0) is 34.4 Å². The average Bonchev–Trinajstić information content (AvgIpc) is 3.04. The maximum atomic E-state index is 12.7. The van der Waals surface area contributed by atoms with Crippen LogP contribution >= 0.6 is 0 Å². The van der Waals surface area contributed by atoms with Crippen LogP contribution in [-0.4, -0.2) is 84.8 Å². The van der Waals surface area contributed by atoms with E-state index in [1.54, 1.807) is 0 Å². The molecule has 0 radical (unpaired) electrons. The molecule has 2 saturated heterocycles. The molecule has 4 rings (SSSR count). The van der Waals surface area contributed by atoms with E-state index in [2.05, 4.69) is 20.5 Å². The van der Waals surface area contributed by atoms with Crippen LogP contribution in [0.5, 0.6) is 0 Å². The number of rotatable bonds is 4. The van der Waals surface area contributed by atoms with Crippen LogP contribution in [0.15, 0.2) is 22.8 Å². The van der Waals surface area contributed by atoms with E-state index in [4.69, 9.17) is 14.1 Å². The van der Waals surface area contributed by atoms with Crippen LogP contribution in [0.3, 0.4) is 0 Å². The van der Waals surface area contributed by atoms with E-state index in [0.717, 1.165) is 44.8 Å². The van der Waals surface area contributed by atoms with Gasteiger partial charge in [0.2, 0.25) is 0 Å². The molecule has 9 nitrogen and oxygen atoms in total. The Labute approximate surface area is 157 Å². The standard InChI is InChI=1S/C18H25N5O4/c24-18(19-11-14-2-3-16-17(10-14)21-27-20-16)23-4-1-7-26-15(13-23)12-22-5-8-25-9-6-22/h2-3,10,15H,1,4-9,11-13H2,(H,19,24)/t15-/m0/s1. The van der Waals surface area contributed by atoms with Gasteiger partial charge in [0.25, 0.3) is 0 Å². The number of hydrogen-bond acceptors (Lipinski definition) is 7. The summed E-state index contributed by atoms with van der Waals surface area (Å²) in [6, 6.07) is 5.56. The second-order valence-corrected chi connectivity index (χ2v) is 6.95. The van der Waals surface area contributed by atoms with E-state index in [0.29, 0.717) is 37.3 Å². The zero-order chi connectivity index (χ0) is 18.5. The summed E-state index contributed by atoms with van der Waals surface area (Å²) in [6.45, 7) is 6.65. The average molecular weight is 375 g/mol. The second-order valence-electron chi connectivity index (χ2n) is 6.95. The fourth-order valence-corrected chi connectivity index (χ4v) is 3.49. The molecule has 2 amide bonds. The Hall–Kier alpha value is -2.23. The van der Waals surface area contributed by atoms with Crippen molar-refractivity contribution in [3.63, 3.8) is 0 Å². The van der Waals surface area contributed by atoms with Crippen molar-refractivity contribution in [2.75, 3.05) is 52.5 Å². The van der Waals surface area contributed by atoms with Crippen LogP contribution in [-0.2, 0) is 16.0 Å². The van der Waals surface area contributed by atoms with Crippen LogP contribution in [0.4, 0.5) is 4.79 Å². The topological polar surface area (TPSA) is 93.0 Å². The minimum Gasteiger partial charge on any atom is -0.379 e. The molecular weight excluding hydrogens is 350 g/mol. The summed E-state index contributed by atoms with van der Waals surface area (Å²) in [5.41, 5.74) is 2.36.